The summed E-state index contributed by atoms with van der Waals surface area (Å²) in [7, 11) is 0. The molecular formula is C6H11NO. The number of nitrogens with two attached hydrogens (primary N) is 1. The Morgan fingerprint density at radius 3 is 2.62 bits per heavy atom. The van der Waals surface area contributed by atoms with Crippen molar-refractivity contribution in [2.75, 3.05) is 0 Å². The maximum absolute atomic E-state index is 9.87. The van der Waals surface area contributed by atoms with E-state index in [0.29, 0.717) is 6.42 Å². The Morgan fingerprint density at radius 1 is 2.00 bits per heavy atom. The molecule has 0 saturated carbocycles. The second-order valence-electron chi connectivity index (χ2n) is 1.96. The number of hydrogen-bond donors (Lipinski definition) is 1. The molecule has 2 nitrogen and oxygen atoms in total. The molecule has 0 bridgehead atoms. The van der Waals surface area contributed by atoms with Crippen molar-refractivity contribution in [2.24, 2.45) is 5.73 Å². The molecule has 0 aliphatic rings. The second kappa shape index (κ2) is 3.38. The SMILES string of the molecule is C=C(C)CC(N)C=O. The van der Waals surface area contributed by atoms with Crippen molar-refractivity contribution < 1.29 is 4.79 Å². The quantitative estimate of drug-likeness (QED) is 0.427. The van der Waals surface area contributed by atoms with E-state index < -0.39 is 0 Å². The van der Waals surface area contributed by atoms with E-state index in [4.69, 9.17) is 5.73 Å². The molecule has 0 aliphatic carbocycles. The first-order valence-corrected chi connectivity index (χ1v) is 2.52. The lowest BCUT2D eigenvalue weighted by Gasteiger charge is -1.99. The average Bonchev–Trinajstić information content (AvgIpc) is 1.65. The van der Waals surface area contributed by atoms with Gasteiger partial charge < -0.3 is 10.5 Å². The molecule has 0 saturated heterocycles. The van der Waals surface area contributed by atoms with Crippen molar-refractivity contribution in [1.82, 2.24) is 0 Å². The van der Waals surface area contributed by atoms with Crippen molar-refractivity contribution in [3.8, 4) is 0 Å². The van der Waals surface area contributed by atoms with Crippen LogP contribution < -0.4 is 5.73 Å². The van der Waals surface area contributed by atoms with Gasteiger partial charge in [0, 0.05) is 0 Å². The third kappa shape index (κ3) is 3.56. The first-order chi connectivity index (χ1) is 3.66. The van der Waals surface area contributed by atoms with Crippen LogP contribution in [0.4, 0.5) is 0 Å². The summed E-state index contributed by atoms with van der Waals surface area (Å²) in [6.07, 6.45) is 1.33. The van der Waals surface area contributed by atoms with Gasteiger partial charge in [0.05, 0.1) is 6.04 Å². The molecule has 0 radical (unpaired) electrons. The minimum absolute atomic E-state index is 0.354. The maximum atomic E-state index is 9.87. The van der Waals surface area contributed by atoms with Gasteiger partial charge in [-0.2, -0.15) is 0 Å². The van der Waals surface area contributed by atoms with Crippen LogP contribution in [0.25, 0.3) is 0 Å². The van der Waals surface area contributed by atoms with E-state index in [1.54, 1.807) is 0 Å². The summed E-state index contributed by atoms with van der Waals surface area (Å²) in [6, 6.07) is -0.354. The summed E-state index contributed by atoms with van der Waals surface area (Å²) in [4.78, 5) is 9.87. The smallest absolute Gasteiger partial charge is 0.137 e. The Hall–Kier alpha value is -0.630. The van der Waals surface area contributed by atoms with Crippen LogP contribution in [0.3, 0.4) is 0 Å². The highest BCUT2D eigenvalue weighted by Gasteiger charge is 1.96. The number of carbonyl (C=O) groups excluding carboxylic acids is 1. The number of rotatable bonds is 3. The Kier molecular flexibility index (Phi) is 3.12. The zero-order chi connectivity index (χ0) is 6.57. The molecule has 0 rings (SSSR count). The molecule has 0 aromatic rings. The summed E-state index contributed by atoms with van der Waals surface area (Å²) in [5.41, 5.74) is 6.19. The first kappa shape index (κ1) is 7.37. The van der Waals surface area contributed by atoms with Crippen LogP contribution in [0.15, 0.2) is 12.2 Å². The van der Waals surface area contributed by atoms with E-state index in [1.807, 2.05) is 6.92 Å². The molecule has 0 aromatic heterocycles. The predicted octanol–water partition coefficient (Wildman–Crippen LogP) is 0.479. The van der Waals surface area contributed by atoms with E-state index in [2.05, 4.69) is 6.58 Å². The van der Waals surface area contributed by atoms with E-state index in [9.17, 15) is 4.79 Å². The summed E-state index contributed by atoms with van der Waals surface area (Å²) in [5, 5.41) is 0. The summed E-state index contributed by atoms with van der Waals surface area (Å²) < 4.78 is 0. The van der Waals surface area contributed by atoms with Crippen LogP contribution >= 0.6 is 0 Å². The minimum Gasteiger partial charge on any atom is -0.321 e. The highest BCUT2D eigenvalue weighted by molar-refractivity contribution is 5.57. The summed E-state index contributed by atoms with van der Waals surface area (Å²) >= 11 is 0. The zero-order valence-corrected chi connectivity index (χ0v) is 5.05. The monoisotopic (exact) mass is 113 g/mol. The molecule has 0 spiro atoms. The van der Waals surface area contributed by atoms with E-state index in [0.717, 1.165) is 11.9 Å². The van der Waals surface area contributed by atoms with Crippen molar-refractivity contribution in [3.63, 3.8) is 0 Å². The largest absolute Gasteiger partial charge is 0.321 e. The van der Waals surface area contributed by atoms with E-state index >= 15 is 0 Å². The zero-order valence-electron chi connectivity index (χ0n) is 5.05. The van der Waals surface area contributed by atoms with Gasteiger partial charge in [0.1, 0.15) is 6.29 Å². The average molecular weight is 113 g/mol. The third-order valence-corrected chi connectivity index (χ3v) is 0.759. The number of carbonyl (C=O) groups is 1. The molecule has 0 aromatic carbocycles. The standard InChI is InChI=1S/C6H11NO/c1-5(2)3-6(7)4-8/h4,6H,1,3,7H2,2H3. The molecule has 8 heavy (non-hydrogen) atoms. The van der Waals surface area contributed by atoms with Gasteiger partial charge in [0.25, 0.3) is 0 Å². The van der Waals surface area contributed by atoms with Crippen LogP contribution in [0.5, 0.6) is 0 Å². The van der Waals surface area contributed by atoms with E-state index in [-0.39, 0.29) is 6.04 Å². The van der Waals surface area contributed by atoms with Crippen molar-refractivity contribution >= 4 is 6.29 Å². The lowest BCUT2D eigenvalue weighted by molar-refractivity contribution is -0.108. The van der Waals surface area contributed by atoms with Gasteiger partial charge in [-0.25, -0.2) is 0 Å². The van der Waals surface area contributed by atoms with Gasteiger partial charge in [0.2, 0.25) is 0 Å². The molecule has 0 amide bonds. The number of aldehydes is 1. The van der Waals surface area contributed by atoms with Crippen molar-refractivity contribution in [3.05, 3.63) is 12.2 Å². The molecule has 0 fully saturated rings. The fourth-order valence-electron chi connectivity index (χ4n) is 0.450. The van der Waals surface area contributed by atoms with Crippen molar-refractivity contribution in [1.29, 1.82) is 0 Å². The first-order valence-electron chi connectivity index (χ1n) is 2.52. The fraction of sp³-hybridized carbons (Fsp3) is 0.500. The molecule has 2 N–H and O–H groups in total. The van der Waals surface area contributed by atoms with Crippen LogP contribution in [-0.2, 0) is 4.79 Å². The molecule has 2 heteroatoms. The fourth-order valence-corrected chi connectivity index (χ4v) is 0.450. The van der Waals surface area contributed by atoms with Gasteiger partial charge in [-0.1, -0.05) is 5.57 Å². The molecular weight excluding hydrogens is 102 g/mol. The number of hydrogen-bond acceptors (Lipinski definition) is 2. The third-order valence-electron chi connectivity index (χ3n) is 0.759. The Labute approximate surface area is 49.4 Å². The van der Waals surface area contributed by atoms with Crippen LogP contribution in [0, 0.1) is 0 Å². The van der Waals surface area contributed by atoms with Crippen LogP contribution in [0.2, 0.25) is 0 Å². The van der Waals surface area contributed by atoms with Gasteiger partial charge in [-0.15, -0.1) is 6.58 Å². The normalized spacial score (nSPS) is 12.8. The highest BCUT2D eigenvalue weighted by Crippen LogP contribution is 1.95. The van der Waals surface area contributed by atoms with Gasteiger partial charge in [0.15, 0.2) is 0 Å². The minimum atomic E-state index is -0.354. The second-order valence-corrected chi connectivity index (χ2v) is 1.96. The Bertz CT molecular complexity index is 98.7. The Morgan fingerprint density at radius 2 is 2.50 bits per heavy atom. The van der Waals surface area contributed by atoms with Gasteiger partial charge in [-0.05, 0) is 13.3 Å². The highest BCUT2D eigenvalue weighted by atomic mass is 16.1. The molecule has 0 aliphatic heterocycles. The van der Waals surface area contributed by atoms with Crippen LogP contribution in [-0.4, -0.2) is 12.3 Å². The predicted molar refractivity (Wildman–Crippen MR) is 33.5 cm³/mol. The molecule has 1 atom stereocenters. The van der Waals surface area contributed by atoms with Crippen LogP contribution in [0.1, 0.15) is 13.3 Å². The maximum Gasteiger partial charge on any atom is 0.137 e. The topological polar surface area (TPSA) is 43.1 Å². The van der Waals surface area contributed by atoms with Gasteiger partial charge >= 0.3 is 0 Å². The summed E-state index contributed by atoms with van der Waals surface area (Å²) in [6.45, 7) is 5.45. The molecule has 46 valence electrons. The van der Waals surface area contributed by atoms with Crippen molar-refractivity contribution in [2.45, 2.75) is 19.4 Å². The molecule has 1 unspecified atom stereocenters. The van der Waals surface area contributed by atoms with E-state index in [1.165, 1.54) is 0 Å². The van der Waals surface area contributed by atoms with Gasteiger partial charge in [-0.3, -0.25) is 0 Å². The lowest BCUT2D eigenvalue weighted by atomic mass is 10.1. The Balaban J connectivity index is 3.38. The lowest BCUT2D eigenvalue weighted by Crippen LogP contribution is -2.21. The summed E-state index contributed by atoms with van der Waals surface area (Å²) in [5.74, 6) is 0. The molecule has 0 heterocycles.